The first-order chi connectivity index (χ1) is 8.40. The Kier molecular flexibility index (Phi) is 4.56. The van der Waals surface area contributed by atoms with Gasteiger partial charge in [-0.05, 0) is 50.9 Å². The normalized spacial score (nSPS) is 17.1. The van der Waals surface area contributed by atoms with Crippen molar-refractivity contribution in [2.45, 2.75) is 31.7 Å². The first-order valence-corrected chi connectivity index (χ1v) is 6.30. The fraction of sp³-hybridized carbons (Fsp3) is 0.500. The molecule has 2 heterocycles. The van der Waals surface area contributed by atoms with Crippen LogP contribution < -0.4 is 5.32 Å². The van der Waals surface area contributed by atoms with E-state index >= 15 is 0 Å². The summed E-state index contributed by atoms with van der Waals surface area (Å²) in [6, 6.07) is 6.37. The average molecular weight is 232 g/mol. The zero-order valence-corrected chi connectivity index (χ0v) is 10.4. The number of aryl methyl sites for hydroxylation is 1. The van der Waals surface area contributed by atoms with E-state index in [2.05, 4.69) is 22.4 Å². The third-order valence-electron chi connectivity index (χ3n) is 3.07. The maximum Gasteiger partial charge on any atom is 0.109 e. The van der Waals surface area contributed by atoms with E-state index in [0.29, 0.717) is 6.04 Å². The van der Waals surface area contributed by atoms with Crippen LogP contribution in [-0.4, -0.2) is 24.7 Å². The van der Waals surface area contributed by atoms with Gasteiger partial charge in [-0.3, -0.25) is 4.98 Å². The molecule has 1 aromatic rings. The Labute approximate surface area is 103 Å². The Morgan fingerprint density at radius 1 is 1.47 bits per heavy atom. The van der Waals surface area contributed by atoms with Crippen molar-refractivity contribution in [3.05, 3.63) is 41.9 Å². The highest BCUT2D eigenvalue weighted by atomic mass is 16.5. The van der Waals surface area contributed by atoms with E-state index in [1.807, 2.05) is 25.4 Å². The maximum absolute atomic E-state index is 5.70. The summed E-state index contributed by atoms with van der Waals surface area (Å²) in [4.78, 5) is 4.34. The summed E-state index contributed by atoms with van der Waals surface area (Å²) in [7, 11) is 1.99. The fourth-order valence-corrected chi connectivity index (χ4v) is 2.09. The first kappa shape index (κ1) is 12.1. The molecule has 0 radical (unpaired) electrons. The van der Waals surface area contributed by atoms with Gasteiger partial charge in [-0.25, -0.2) is 0 Å². The van der Waals surface area contributed by atoms with Crippen LogP contribution in [0.4, 0.5) is 0 Å². The zero-order valence-electron chi connectivity index (χ0n) is 10.4. The molecule has 0 fully saturated rings. The molecule has 1 atom stereocenters. The van der Waals surface area contributed by atoms with Gasteiger partial charge in [0, 0.05) is 11.9 Å². The third kappa shape index (κ3) is 3.56. The highest BCUT2D eigenvalue weighted by Gasteiger charge is 2.15. The molecule has 92 valence electrons. The van der Waals surface area contributed by atoms with Crippen molar-refractivity contribution in [2.75, 3.05) is 13.7 Å². The Hall–Kier alpha value is -1.35. The number of hydrogen-bond acceptors (Lipinski definition) is 3. The smallest absolute Gasteiger partial charge is 0.109 e. The van der Waals surface area contributed by atoms with Crippen LogP contribution in [0, 0.1) is 0 Å². The van der Waals surface area contributed by atoms with E-state index in [9.17, 15) is 0 Å². The van der Waals surface area contributed by atoms with Crippen LogP contribution in [0.5, 0.6) is 0 Å². The Bertz CT molecular complexity index is 362. The second-order valence-electron chi connectivity index (χ2n) is 4.30. The number of likely N-dealkylation sites (N-methyl/N-ethyl adjacent to an activating group) is 1. The number of pyridine rings is 1. The van der Waals surface area contributed by atoms with Crippen molar-refractivity contribution in [1.29, 1.82) is 0 Å². The molecule has 1 unspecified atom stereocenters. The zero-order chi connectivity index (χ0) is 11.9. The molecule has 0 saturated heterocycles. The summed E-state index contributed by atoms with van der Waals surface area (Å²) in [5.41, 5.74) is 1.14. The molecule has 3 heteroatoms. The summed E-state index contributed by atoms with van der Waals surface area (Å²) < 4.78 is 5.70. The predicted molar refractivity (Wildman–Crippen MR) is 68.7 cm³/mol. The quantitative estimate of drug-likeness (QED) is 0.846. The molecule has 1 N–H and O–H groups in total. The van der Waals surface area contributed by atoms with Gasteiger partial charge in [0.15, 0.2) is 0 Å². The SMILES string of the molecule is CNC(CCc1ccccn1)C1=CCCCO1. The molecule has 0 bridgehead atoms. The third-order valence-corrected chi connectivity index (χ3v) is 3.07. The summed E-state index contributed by atoms with van der Waals surface area (Å²) >= 11 is 0. The molecular formula is C14H20N2O. The van der Waals surface area contributed by atoms with Gasteiger partial charge in [-0.15, -0.1) is 0 Å². The molecule has 1 aliphatic rings. The van der Waals surface area contributed by atoms with Crippen LogP contribution in [0.25, 0.3) is 0 Å². The number of nitrogens with one attached hydrogen (secondary N) is 1. The minimum atomic E-state index is 0.317. The van der Waals surface area contributed by atoms with Crippen LogP contribution in [0.15, 0.2) is 36.2 Å². The van der Waals surface area contributed by atoms with E-state index in [1.54, 1.807) is 0 Å². The van der Waals surface area contributed by atoms with E-state index in [1.165, 1.54) is 0 Å². The van der Waals surface area contributed by atoms with Crippen molar-refractivity contribution in [2.24, 2.45) is 0 Å². The van der Waals surface area contributed by atoms with Crippen LogP contribution >= 0.6 is 0 Å². The van der Waals surface area contributed by atoms with Crippen LogP contribution in [0.1, 0.15) is 25.0 Å². The van der Waals surface area contributed by atoms with Crippen LogP contribution in [0.2, 0.25) is 0 Å². The molecule has 0 spiro atoms. The van der Waals surface area contributed by atoms with Crippen LogP contribution in [0.3, 0.4) is 0 Å². The predicted octanol–water partition coefficient (Wildman–Crippen LogP) is 2.30. The van der Waals surface area contributed by atoms with Crippen molar-refractivity contribution in [3.8, 4) is 0 Å². The van der Waals surface area contributed by atoms with E-state index in [0.717, 1.165) is 43.7 Å². The summed E-state index contributed by atoms with van der Waals surface area (Å²) in [6.45, 7) is 0.855. The lowest BCUT2D eigenvalue weighted by molar-refractivity contribution is 0.167. The van der Waals surface area contributed by atoms with Crippen molar-refractivity contribution in [1.82, 2.24) is 10.3 Å². The summed E-state index contributed by atoms with van der Waals surface area (Å²) in [5, 5.41) is 3.32. The Morgan fingerprint density at radius 3 is 3.06 bits per heavy atom. The van der Waals surface area contributed by atoms with Gasteiger partial charge < -0.3 is 10.1 Å². The van der Waals surface area contributed by atoms with Gasteiger partial charge in [0.05, 0.1) is 12.6 Å². The molecule has 0 amide bonds. The molecule has 0 aromatic carbocycles. The van der Waals surface area contributed by atoms with E-state index in [4.69, 9.17) is 4.74 Å². The fourth-order valence-electron chi connectivity index (χ4n) is 2.09. The van der Waals surface area contributed by atoms with Crippen molar-refractivity contribution >= 4 is 0 Å². The molecule has 0 aliphatic carbocycles. The Morgan fingerprint density at radius 2 is 2.41 bits per heavy atom. The molecule has 2 rings (SSSR count). The summed E-state index contributed by atoms with van der Waals surface area (Å²) in [5.74, 6) is 1.11. The van der Waals surface area contributed by atoms with Crippen LogP contribution in [-0.2, 0) is 11.2 Å². The minimum absolute atomic E-state index is 0.317. The second-order valence-corrected chi connectivity index (χ2v) is 4.30. The lowest BCUT2D eigenvalue weighted by Crippen LogP contribution is -2.30. The number of aromatic nitrogens is 1. The van der Waals surface area contributed by atoms with Gasteiger partial charge in [-0.1, -0.05) is 6.07 Å². The minimum Gasteiger partial charge on any atom is -0.497 e. The topological polar surface area (TPSA) is 34.2 Å². The van der Waals surface area contributed by atoms with Gasteiger partial charge in [0.25, 0.3) is 0 Å². The highest BCUT2D eigenvalue weighted by molar-refractivity contribution is 5.08. The van der Waals surface area contributed by atoms with Crippen molar-refractivity contribution in [3.63, 3.8) is 0 Å². The first-order valence-electron chi connectivity index (χ1n) is 6.30. The number of ether oxygens (including phenoxy) is 1. The van der Waals surface area contributed by atoms with E-state index < -0.39 is 0 Å². The Balaban J connectivity index is 1.89. The standard InChI is InChI=1S/C14H20N2O/c1-15-13(14-7-3-5-11-17-14)9-8-12-6-2-4-10-16-12/h2,4,6-7,10,13,15H,3,5,8-9,11H2,1H3. The van der Waals surface area contributed by atoms with Gasteiger partial charge in [-0.2, -0.15) is 0 Å². The second kappa shape index (κ2) is 6.40. The molecule has 1 aromatic heterocycles. The monoisotopic (exact) mass is 232 g/mol. The lowest BCUT2D eigenvalue weighted by Gasteiger charge is -2.23. The van der Waals surface area contributed by atoms with Gasteiger partial charge >= 0.3 is 0 Å². The lowest BCUT2D eigenvalue weighted by atomic mass is 10.1. The number of hydrogen-bond donors (Lipinski definition) is 1. The molecule has 1 aliphatic heterocycles. The van der Waals surface area contributed by atoms with Gasteiger partial charge in [0.2, 0.25) is 0 Å². The van der Waals surface area contributed by atoms with E-state index in [-0.39, 0.29) is 0 Å². The number of rotatable bonds is 5. The summed E-state index contributed by atoms with van der Waals surface area (Å²) in [6.07, 6.45) is 8.34. The van der Waals surface area contributed by atoms with Gasteiger partial charge in [0.1, 0.15) is 5.76 Å². The molecule has 17 heavy (non-hydrogen) atoms. The number of allylic oxidation sites excluding steroid dienone is 1. The molecular weight excluding hydrogens is 212 g/mol. The maximum atomic E-state index is 5.70. The largest absolute Gasteiger partial charge is 0.497 e. The van der Waals surface area contributed by atoms with Crippen molar-refractivity contribution < 1.29 is 4.74 Å². The number of nitrogens with zero attached hydrogens (tertiary/aromatic N) is 1. The highest BCUT2D eigenvalue weighted by Crippen LogP contribution is 2.17. The average Bonchev–Trinajstić information content (AvgIpc) is 2.42. The molecule has 0 saturated carbocycles. The molecule has 3 nitrogen and oxygen atoms in total.